The zero-order valence-electron chi connectivity index (χ0n) is 11.4. The number of aromatic nitrogens is 2. The molecule has 1 N–H and O–H groups in total. The third-order valence-electron chi connectivity index (χ3n) is 2.90. The Hall–Kier alpha value is -1.95. The Morgan fingerprint density at radius 2 is 2.20 bits per heavy atom. The topological polar surface area (TPSA) is 39.1 Å². The fourth-order valence-electron chi connectivity index (χ4n) is 1.95. The molecule has 0 saturated carbocycles. The van der Waals surface area contributed by atoms with Crippen LogP contribution in [-0.2, 0) is 13.2 Å². The van der Waals surface area contributed by atoms with E-state index >= 15 is 0 Å². The number of ether oxygens (including phenoxy) is 1. The molecule has 0 fully saturated rings. The molecule has 108 valence electrons. The summed E-state index contributed by atoms with van der Waals surface area (Å²) in [6, 6.07) is 5.77. The van der Waals surface area contributed by atoms with E-state index in [1.54, 1.807) is 0 Å². The van der Waals surface area contributed by atoms with Gasteiger partial charge in [0.1, 0.15) is 12.4 Å². The standard InChI is InChI=1S/C14H17F2N3O/c1-10-3-4-12(11(7-10)8-17-2)20-9-13-18-5-6-19(13)14(15)16/h3-7,14,17H,8-9H2,1-2H3. The molecule has 0 aliphatic carbocycles. The number of aryl methyl sites for hydroxylation is 1. The minimum atomic E-state index is -2.61. The van der Waals surface area contributed by atoms with Crippen LogP contribution in [0.5, 0.6) is 5.75 Å². The summed E-state index contributed by atoms with van der Waals surface area (Å²) in [6.45, 7) is 0.0510. The van der Waals surface area contributed by atoms with Crippen LogP contribution in [0.3, 0.4) is 0 Å². The Labute approximate surface area is 116 Å². The second kappa shape index (κ2) is 6.47. The predicted molar refractivity (Wildman–Crippen MR) is 71.8 cm³/mol. The van der Waals surface area contributed by atoms with E-state index in [2.05, 4.69) is 10.3 Å². The van der Waals surface area contributed by atoms with Gasteiger partial charge in [0, 0.05) is 24.5 Å². The van der Waals surface area contributed by atoms with E-state index in [1.807, 2.05) is 32.2 Å². The van der Waals surface area contributed by atoms with Crippen molar-refractivity contribution in [2.45, 2.75) is 26.6 Å². The highest BCUT2D eigenvalue weighted by molar-refractivity contribution is 5.36. The van der Waals surface area contributed by atoms with Gasteiger partial charge in [0.15, 0.2) is 5.82 Å². The molecule has 6 heteroatoms. The van der Waals surface area contributed by atoms with Crippen LogP contribution in [0.25, 0.3) is 0 Å². The summed E-state index contributed by atoms with van der Waals surface area (Å²) in [5.41, 5.74) is 2.11. The number of benzene rings is 1. The van der Waals surface area contributed by atoms with Crippen molar-refractivity contribution < 1.29 is 13.5 Å². The van der Waals surface area contributed by atoms with E-state index in [1.165, 1.54) is 12.4 Å². The molecular formula is C14H17F2N3O. The van der Waals surface area contributed by atoms with Crippen LogP contribution in [0.1, 0.15) is 23.5 Å². The van der Waals surface area contributed by atoms with E-state index in [-0.39, 0.29) is 12.4 Å². The molecule has 0 amide bonds. The fraction of sp³-hybridized carbons (Fsp3) is 0.357. The molecule has 0 saturated heterocycles. The van der Waals surface area contributed by atoms with Gasteiger partial charge in [-0.1, -0.05) is 17.7 Å². The first-order valence-corrected chi connectivity index (χ1v) is 6.28. The molecule has 1 aromatic heterocycles. The van der Waals surface area contributed by atoms with Gasteiger partial charge in [-0.15, -0.1) is 0 Å². The Balaban J connectivity index is 2.12. The van der Waals surface area contributed by atoms with Gasteiger partial charge in [0.05, 0.1) is 0 Å². The SMILES string of the molecule is CNCc1cc(C)ccc1OCc1nccn1C(F)F. The highest BCUT2D eigenvalue weighted by atomic mass is 19.3. The number of nitrogens with zero attached hydrogens (tertiary/aromatic N) is 2. The van der Waals surface area contributed by atoms with Crippen molar-refractivity contribution in [2.75, 3.05) is 7.05 Å². The van der Waals surface area contributed by atoms with Gasteiger partial charge in [-0.3, -0.25) is 4.57 Å². The van der Waals surface area contributed by atoms with Gasteiger partial charge < -0.3 is 10.1 Å². The third-order valence-corrected chi connectivity index (χ3v) is 2.90. The number of nitrogens with one attached hydrogen (secondary N) is 1. The average molecular weight is 281 g/mol. The summed E-state index contributed by atoms with van der Waals surface area (Å²) in [6.07, 6.45) is 2.58. The Morgan fingerprint density at radius 3 is 2.90 bits per heavy atom. The van der Waals surface area contributed by atoms with Gasteiger partial charge in [0.25, 0.3) is 0 Å². The first kappa shape index (κ1) is 14.5. The van der Waals surface area contributed by atoms with Crippen molar-refractivity contribution in [3.05, 3.63) is 47.5 Å². The van der Waals surface area contributed by atoms with Crippen LogP contribution in [0.15, 0.2) is 30.6 Å². The van der Waals surface area contributed by atoms with Crippen LogP contribution in [0, 0.1) is 6.92 Å². The molecule has 0 radical (unpaired) electrons. The third kappa shape index (κ3) is 3.33. The molecule has 2 aromatic rings. The van der Waals surface area contributed by atoms with Crippen molar-refractivity contribution in [3.63, 3.8) is 0 Å². The van der Waals surface area contributed by atoms with Crippen LogP contribution >= 0.6 is 0 Å². The lowest BCUT2D eigenvalue weighted by Crippen LogP contribution is -2.10. The average Bonchev–Trinajstić information content (AvgIpc) is 2.87. The van der Waals surface area contributed by atoms with Crippen molar-refractivity contribution in [2.24, 2.45) is 0 Å². The molecule has 0 aliphatic rings. The van der Waals surface area contributed by atoms with E-state index in [4.69, 9.17) is 4.74 Å². The predicted octanol–water partition coefficient (Wildman–Crippen LogP) is 2.89. The van der Waals surface area contributed by atoms with Crippen LogP contribution < -0.4 is 10.1 Å². The molecule has 0 spiro atoms. The lowest BCUT2D eigenvalue weighted by Gasteiger charge is -2.13. The van der Waals surface area contributed by atoms with E-state index in [0.717, 1.165) is 15.7 Å². The van der Waals surface area contributed by atoms with Crippen molar-refractivity contribution in [1.82, 2.24) is 14.9 Å². The van der Waals surface area contributed by atoms with Crippen molar-refractivity contribution in [1.29, 1.82) is 0 Å². The summed E-state index contributed by atoms with van der Waals surface area (Å²) in [5, 5.41) is 3.05. The summed E-state index contributed by atoms with van der Waals surface area (Å²) in [4.78, 5) is 3.89. The fourth-order valence-corrected chi connectivity index (χ4v) is 1.95. The second-order valence-corrected chi connectivity index (χ2v) is 4.46. The first-order chi connectivity index (χ1) is 9.61. The van der Waals surface area contributed by atoms with Crippen LogP contribution in [-0.4, -0.2) is 16.6 Å². The maximum atomic E-state index is 12.7. The highest BCUT2D eigenvalue weighted by Gasteiger charge is 2.12. The van der Waals surface area contributed by atoms with E-state index in [0.29, 0.717) is 12.3 Å². The molecule has 20 heavy (non-hydrogen) atoms. The van der Waals surface area contributed by atoms with E-state index < -0.39 is 6.55 Å². The number of hydrogen-bond acceptors (Lipinski definition) is 3. The second-order valence-electron chi connectivity index (χ2n) is 4.46. The molecule has 1 heterocycles. The maximum absolute atomic E-state index is 12.7. The summed E-state index contributed by atoms with van der Waals surface area (Å²) in [5.74, 6) is 0.879. The highest BCUT2D eigenvalue weighted by Crippen LogP contribution is 2.21. The quantitative estimate of drug-likeness (QED) is 0.885. The Kier molecular flexibility index (Phi) is 4.68. The molecule has 4 nitrogen and oxygen atoms in total. The molecule has 2 rings (SSSR count). The smallest absolute Gasteiger partial charge is 0.320 e. The number of halogens is 2. The largest absolute Gasteiger partial charge is 0.485 e. The molecular weight excluding hydrogens is 264 g/mol. The minimum absolute atomic E-state index is 0.0110. The normalized spacial score (nSPS) is 11.1. The maximum Gasteiger partial charge on any atom is 0.320 e. The molecule has 0 bridgehead atoms. The minimum Gasteiger partial charge on any atom is -0.485 e. The summed E-state index contributed by atoms with van der Waals surface area (Å²) >= 11 is 0. The lowest BCUT2D eigenvalue weighted by molar-refractivity contribution is 0.0632. The van der Waals surface area contributed by atoms with Crippen LogP contribution in [0.4, 0.5) is 8.78 Å². The van der Waals surface area contributed by atoms with Gasteiger partial charge in [-0.25, -0.2) is 4.98 Å². The monoisotopic (exact) mass is 281 g/mol. The van der Waals surface area contributed by atoms with Gasteiger partial charge in [-0.05, 0) is 20.0 Å². The zero-order valence-corrected chi connectivity index (χ0v) is 11.4. The van der Waals surface area contributed by atoms with Crippen molar-refractivity contribution >= 4 is 0 Å². The van der Waals surface area contributed by atoms with Crippen LogP contribution in [0.2, 0.25) is 0 Å². The Morgan fingerprint density at radius 1 is 1.40 bits per heavy atom. The summed E-state index contributed by atoms with van der Waals surface area (Å²) in [7, 11) is 1.84. The Bertz CT molecular complexity index is 569. The number of hydrogen-bond donors (Lipinski definition) is 1. The van der Waals surface area contributed by atoms with Gasteiger partial charge in [0.2, 0.25) is 0 Å². The number of rotatable bonds is 6. The molecule has 0 atom stereocenters. The van der Waals surface area contributed by atoms with Gasteiger partial charge >= 0.3 is 6.55 Å². The first-order valence-electron chi connectivity index (χ1n) is 6.28. The molecule has 1 aromatic carbocycles. The number of imidazole rings is 1. The molecule has 0 unspecified atom stereocenters. The zero-order chi connectivity index (χ0) is 14.5. The van der Waals surface area contributed by atoms with E-state index in [9.17, 15) is 8.78 Å². The lowest BCUT2D eigenvalue weighted by atomic mass is 10.1. The van der Waals surface area contributed by atoms with Gasteiger partial charge in [-0.2, -0.15) is 8.78 Å². The molecule has 0 aliphatic heterocycles. The number of alkyl halides is 2. The summed E-state index contributed by atoms with van der Waals surface area (Å²) < 4.78 is 31.8. The van der Waals surface area contributed by atoms with Crippen molar-refractivity contribution in [3.8, 4) is 5.75 Å².